The van der Waals surface area contributed by atoms with Gasteiger partial charge in [0.1, 0.15) is 5.69 Å². The van der Waals surface area contributed by atoms with E-state index in [0.717, 1.165) is 12.1 Å². The first kappa shape index (κ1) is 13.7. The van der Waals surface area contributed by atoms with E-state index in [9.17, 15) is 13.6 Å². The van der Waals surface area contributed by atoms with E-state index >= 15 is 0 Å². The number of carbonyl (C=O) groups is 1. The number of benzene rings is 1. The highest BCUT2D eigenvalue weighted by molar-refractivity contribution is 6.01. The van der Waals surface area contributed by atoms with Crippen LogP contribution in [0.2, 0.25) is 0 Å². The first-order valence-corrected chi connectivity index (χ1v) is 6.00. The number of hydrogen-bond acceptors (Lipinski definition) is 6. The van der Waals surface area contributed by atoms with Gasteiger partial charge in [-0.05, 0) is 12.1 Å². The van der Waals surface area contributed by atoms with E-state index in [1.165, 1.54) is 24.7 Å². The van der Waals surface area contributed by atoms with Crippen LogP contribution in [0.1, 0.15) is 10.7 Å². The normalized spacial score (nSPS) is 10.5. The van der Waals surface area contributed by atoms with Crippen molar-refractivity contribution in [1.82, 2.24) is 20.1 Å². The summed E-state index contributed by atoms with van der Waals surface area (Å²) in [4.78, 5) is 23.5. The van der Waals surface area contributed by atoms with Crippen molar-refractivity contribution in [3.63, 3.8) is 0 Å². The van der Waals surface area contributed by atoms with Gasteiger partial charge in [-0.1, -0.05) is 5.16 Å². The Labute approximate surface area is 122 Å². The van der Waals surface area contributed by atoms with Crippen LogP contribution < -0.4 is 5.32 Å². The smallest absolute Gasteiger partial charge is 0.316 e. The van der Waals surface area contributed by atoms with Crippen LogP contribution in [0.4, 0.5) is 14.5 Å². The molecule has 1 amide bonds. The molecule has 0 unspecified atom stereocenters. The van der Waals surface area contributed by atoms with Gasteiger partial charge in [0, 0.05) is 24.1 Å². The molecule has 22 heavy (non-hydrogen) atoms. The predicted molar refractivity (Wildman–Crippen MR) is 69.6 cm³/mol. The molecule has 0 aliphatic rings. The molecular formula is C13H7F2N5O2. The maximum absolute atomic E-state index is 13.1. The molecule has 1 aromatic carbocycles. The van der Waals surface area contributed by atoms with E-state index in [4.69, 9.17) is 4.52 Å². The molecule has 0 saturated heterocycles. The fourth-order valence-electron chi connectivity index (χ4n) is 1.59. The van der Waals surface area contributed by atoms with Crippen molar-refractivity contribution in [2.24, 2.45) is 0 Å². The van der Waals surface area contributed by atoms with Crippen LogP contribution >= 0.6 is 0 Å². The van der Waals surface area contributed by atoms with Gasteiger partial charge < -0.3 is 9.84 Å². The fourth-order valence-corrected chi connectivity index (χ4v) is 1.59. The van der Waals surface area contributed by atoms with E-state index in [-0.39, 0.29) is 17.4 Å². The molecule has 2 aromatic heterocycles. The third-order valence-corrected chi connectivity index (χ3v) is 2.59. The Hall–Kier alpha value is -3.23. The van der Waals surface area contributed by atoms with E-state index in [1.807, 2.05) is 0 Å². The zero-order valence-corrected chi connectivity index (χ0v) is 10.8. The van der Waals surface area contributed by atoms with Crippen molar-refractivity contribution in [2.75, 3.05) is 5.32 Å². The maximum Gasteiger partial charge on any atom is 0.316 e. The number of nitrogens with one attached hydrogen (secondary N) is 1. The SMILES string of the molecule is O=C(Nc1ccc(F)c(F)c1)c1nc(-c2cnccn2)no1. The zero-order valence-electron chi connectivity index (χ0n) is 10.8. The average molecular weight is 303 g/mol. The lowest BCUT2D eigenvalue weighted by atomic mass is 10.3. The highest BCUT2D eigenvalue weighted by atomic mass is 19.2. The van der Waals surface area contributed by atoms with Crippen molar-refractivity contribution in [1.29, 1.82) is 0 Å². The monoisotopic (exact) mass is 303 g/mol. The van der Waals surface area contributed by atoms with E-state index < -0.39 is 17.5 Å². The standard InChI is InChI=1S/C13H7F2N5O2/c14-8-2-1-7(5-9(8)15)18-12(21)13-19-11(20-22-13)10-6-16-3-4-17-10/h1-6H,(H,18,21). The molecule has 0 spiro atoms. The second kappa shape index (κ2) is 5.64. The van der Waals surface area contributed by atoms with Crippen LogP contribution in [0.15, 0.2) is 41.3 Å². The quantitative estimate of drug-likeness (QED) is 0.796. The Bertz CT molecular complexity index is 822. The largest absolute Gasteiger partial charge is 0.328 e. The highest BCUT2D eigenvalue weighted by Gasteiger charge is 2.17. The van der Waals surface area contributed by atoms with Crippen molar-refractivity contribution < 1.29 is 18.1 Å². The van der Waals surface area contributed by atoms with Crippen molar-refractivity contribution >= 4 is 11.6 Å². The second-order valence-electron chi connectivity index (χ2n) is 4.10. The molecular weight excluding hydrogens is 296 g/mol. The minimum absolute atomic E-state index is 0.0585. The predicted octanol–water partition coefficient (Wildman–Crippen LogP) is 2.06. The number of carbonyl (C=O) groups excluding carboxylic acids is 1. The summed E-state index contributed by atoms with van der Waals surface area (Å²) in [5.41, 5.74) is 0.390. The van der Waals surface area contributed by atoms with Gasteiger partial charge in [-0.25, -0.2) is 13.8 Å². The van der Waals surface area contributed by atoms with Crippen LogP contribution in [-0.2, 0) is 0 Å². The fraction of sp³-hybridized carbons (Fsp3) is 0. The van der Waals surface area contributed by atoms with Crippen LogP contribution in [0.5, 0.6) is 0 Å². The van der Waals surface area contributed by atoms with Gasteiger partial charge in [0.25, 0.3) is 0 Å². The maximum atomic E-state index is 13.1. The molecule has 3 aromatic rings. The zero-order chi connectivity index (χ0) is 15.5. The summed E-state index contributed by atoms with van der Waals surface area (Å²) in [6.45, 7) is 0. The Morgan fingerprint density at radius 1 is 1.18 bits per heavy atom. The van der Waals surface area contributed by atoms with Gasteiger partial charge in [0.2, 0.25) is 5.82 Å². The number of amides is 1. The molecule has 0 bridgehead atoms. The van der Waals surface area contributed by atoms with Crippen LogP contribution in [0.3, 0.4) is 0 Å². The molecule has 7 nitrogen and oxygen atoms in total. The van der Waals surface area contributed by atoms with Gasteiger partial charge in [-0.15, -0.1) is 0 Å². The summed E-state index contributed by atoms with van der Waals surface area (Å²) in [5.74, 6) is -3.10. The number of nitrogens with zero attached hydrogens (tertiary/aromatic N) is 4. The summed E-state index contributed by atoms with van der Waals surface area (Å²) in [7, 11) is 0. The summed E-state index contributed by atoms with van der Waals surface area (Å²) >= 11 is 0. The molecule has 0 aliphatic carbocycles. The number of anilines is 1. The highest BCUT2D eigenvalue weighted by Crippen LogP contribution is 2.15. The Morgan fingerprint density at radius 3 is 2.77 bits per heavy atom. The first-order chi connectivity index (χ1) is 10.6. The minimum atomic E-state index is -1.08. The van der Waals surface area contributed by atoms with Gasteiger partial charge in [0.15, 0.2) is 11.6 Å². The van der Waals surface area contributed by atoms with Crippen LogP contribution in [0.25, 0.3) is 11.5 Å². The molecule has 0 atom stereocenters. The first-order valence-electron chi connectivity index (χ1n) is 6.00. The Balaban J connectivity index is 1.78. The number of halogens is 2. The minimum Gasteiger partial charge on any atom is -0.328 e. The molecule has 0 saturated carbocycles. The summed E-state index contributed by atoms with van der Waals surface area (Å²) < 4.78 is 30.7. The van der Waals surface area contributed by atoms with Gasteiger partial charge in [-0.3, -0.25) is 9.78 Å². The van der Waals surface area contributed by atoms with E-state index in [0.29, 0.717) is 5.69 Å². The number of rotatable bonds is 3. The van der Waals surface area contributed by atoms with Gasteiger partial charge in [-0.2, -0.15) is 4.98 Å². The lowest BCUT2D eigenvalue weighted by molar-refractivity contribution is 0.0981. The van der Waals surface area contributed by atoms with Gasteiger partial charge >= 0.3 is 11.8 Å². The molecule has 0 fully saturated rings. The van der Waals surface area contributed by atoms with Crippen LogP contribution in [0, 0.1) is 11.6 Å². The molecule has 3 rings (SSSR count). The number of hydrogen-bond donors (Lipinski definition) is 1. The molecule has 1 N–H and O–H groups in total. The Morgan fingerprint density at radius 2 is 2.05 bits per heavy atom. The van der Waals surface area contributed by atoms with Gasteiger partial charge in [0.05, 0.1) is 6.20 Å². The number of aromatic nitrogens is 4. The molecule has 2 heterocycles. The summed E-state index contributed by atoms with van der Waals surface area (Å²) in [6, 6.07) is 2.94. The molecule has 0 aliphatic heterocycles. The summed E-state index contributed by atoms with van der Waals surface area (Å²) in [6.07, 6.45) is 4.31. The summed E-state index contributed by atoms with van der Waals surface area (Å²) in [5, 5.41) is 5.91. The molecule has 9 heteroatoms. The lowest BCUT2D eigenvalue weighted by Crippen LogP contribution is -2.12. The second-order valence-corrected chi connectivity index (χ2v) is 4.10. The van der Waals surface area contributed by atoms with Crippen molar-refractivity contribution in [3.05, 3.63) is 54.3 Å². The average Bonchev–Trinajstić information content (AvgIpc) is 3.02. The van der Waals surface area contributed by atoms with E-state index in [1.54, 1.807) is 0 Å². The van der Waals surface area contributed by atoms with E-state index in [2.05, 4.69) is 25.4 Å². The third kappa shape index (κ3) is 2.77. The molecule has 0 radical (unpaired) electrons. The topological polar surface area (TPSA) is 93.8 Å². The van der Waals surface area contributed by atoms with Crippen LogP contribution in [-0.4, -0.2) is 26.0 Å². The Kier molecular flexibility index (Phi) is 3.52. The van der Waals surface area contributed by atoms with Crippen molar-refractivity contribution in [3.8, 4) is 11.5 Å². The lowest BCUT2D eigenvalue weighted by Gasteiger charge is -2.02. The molecule has 110 valence electrons. The third-order valence-electron chi connectivity index (χ3n) is 2.59. The van der Waals surface area contributed by atoms with Crippen molar-refractivity contribution in [2.45, 2.75) is 0 Å².